The van der Waals surface area contributed by atoms with E-state index in [0.29, 0.717) is 30.9 Å². The topological polar surface area (TPSA) is 63.6 Å². The Kier molecular flexibility index (Phi) is 9.04. The van der Waals surface area contributed by atoms with Gasteiger partial charge in [0.25, 0.3) is 11.5 Å². The molecule has 0 spiro atoms. The summed E-state index contributed by atoms with van der Waals surface area (Å²) in [4.78, 5) is 27.4. The zero-order chi connectivity index (χ0) is 24.2. The Bertz CT molecular complexity index is 1260. The quantitative estimate of drug-likeness (QED) is 0.482. The highest BCUT2D eigenvalue weighted by Crippen LogP contribution is 2.24. The molecule has 0 atom stereocenters. The smallest absolute Gasteiger partial charge is 0.269 e. The molecule has 1 fully saturated rings. The van der Waals surface area contributed by atoms with Gasteiger partial charge >= 0.3 is 0 Å². The number of hydrogen-bond donors (Lipinski definition) is 1. The second-order valence-electron chi connectivity index (χ2n) is 8.12. The lowest BCUT2D eigenvalue weighted by molar-refractivity contribution is 0.0736. The van der Waals surface area contributed by atoms with Crippen molar-refractivity contribution in [2.24, 2.45) is 0 Å². The second kappa shape index (κ2) is 11.8. The zero-order valence-corrected chi connectivity index (χ0v) is 21.4. The number of nitrogens with zero attached hydrogens (tertiary/aromatic N) is 2. The van der Waals surface area contributed by atoms with Crippen LogP contribution in [-0.4, -0.2) is 41.6 Å². The molecule has 0 bridgehead atoms. The van der Waals surface area contributed by atoms with Crippen molar-refractivity contribution < 1.29 is 18.3 Å². The van der Waals surface area contributed by atoms with E-state index < -0.39 is 11.6 Å². The van der Waals surface area contributed by atoms with E-state index in [1.807, 2.05) is 17.0 Å². The molecule has 0 aliphatic carbocycles. The Balaban J connectivity index is 0.00000342. The number of carbonyl (C=O) groups excluding carboxylic acids is 1. The largest absolute Gasteiger partial charge is 0.487 e. The van der Waals surface area contributed by atoms with E-state index in [1.54, 1.807) is 29.7 Å². The van der Waals surface area contributed by atoms with Crippen LogP contribution in [0.4, 0.5) is 8.78 Å². The van der Waals surface area contributed by atoms with Crippen LogP contribution in [0.25, 0.3) is 0 Å². The third-order valence-electron chi connectivity index (χ3n) is 5.76. The minimum Gasteiger partial charge on any atom is -0.487 e. The van der Waals surface area contributed by atoms with Crippen molar-refractivity contribution in [1.82, 2.24) is 14.8 Å². The van der Waals surface area contributed by atoms with Gasteiger partial charge in [-0.25, -0.2) is 8.78 Å². The van der Waals surface area contributed by atoms with Crippen molar-refractivity contribution in [3.05, 3.63) is 97.4 Å². The number of aromatic nitrogens is 1. The minimum atomic E-state index is -0.708. The fourth-order valence-corrected chi connectivity index (χ4v) is 4.24. The molecule has 0 radical (unpaired) electrons. The summed E-state index contributed by atoms with van der Waals surface area (Å²) < 4.78 is 34.4. The van der Waals surface area contributed by atoms with Gasteiger partial charge in [0.2, 0.25) is 0 Å². The molecule has 4 rings (SSSR count). The number of rotatable bonds is 6. The monoisotopic (exact) mass is 567 g/mol. The van der Waals surface area contributed by atoms with E-state index in [4.69, 9.17) is 4.74 Å². The minimum absolute atomic E-state index is 0. The van der Waals surface area contributed by atoms with E-state index in [9.17, 15) is 18.4 Å². The molecule has 2 aromatic carbocycles. The number of aryl methyl sites for hydroxylation is 1. The maximum Gasteiger partial charge on any atom is 0.269 e. The molecule has 186 valence electrons. The lowest BCUT2D eigenvalue weighted by Crippen LogP contribution is -2.46. The number of piperazine rings is 1. The first kappa shape index (κ1) is 26.8. The molecule has 1 aliphatic rings. The maximum absolute atomic E-state index is 13.9. The molecular formula is C25H25BrClF2N3O3. The van der Waals surface area contributed by atoms with Gasteiger partial charge in [-0.15, -0.1) is 12.4 Å². The van der Waals surface area contributed by atoms with Gasteiger partial charge in [-0.2, -0.15) is 0 Å². The summed E-state index contributed by atoms with van der Waals surface area (Å²) in [6, 6.07) is 12.2. The molecule has 1 N–H and O–H groups in total. The van der Waals surface area contributed by atoms with Gasteiger partial charge in [0, 0.05) is 55.1 Å². The Morgan fingerprint density at radius 2 is 1.77 bits per heavy atom. The van der Waals surface area contributed by atoms with Gasteiger partial charge in [-0.05, 0) is 52.7 Å². The van der Waals surface area contributed by atoms with Crippen molar-refractivity contribution in [3.8, 4) is 5.75 Å². The highest BCUT2D eigenvalue weighted by atomic mass is 79.9. The number of benzene rings is 2. The van der Waals surface area contributed by atoms with Crippen LogP contribution in [0.3, 0.4) is 0 Å². The number of nitrogens with one attached hydrogen (secondary N) is 1. The summed E-state index contributed by atoms with van der Waals surface area (Å²) in [7, 11) is 0. The van der Waals surface area contributed by atoms with Crippen LogP contribution in [-0.2, 0) is 13.2 Å². The van der Waals surface area contributed by atoms with Gasteiger partial charge in [-0.1, -0.05) is 12.1 Å². The average Bonchev–Trinajstić information content (AvgIpc) is 2.84. The van der Waals surface area contributed by atoms with E-state index >= 15 is 0 Å². The van der Waals surface area contributed by atoms with E-state index in [0.717, 1.165) is 30.8 Å². The standard InChI is InChI=1S/C25H24BrF2N3O3.ClH/c1-16-12-22(34-15-19-6-7-20(27)13-21(19)28)23(26)25(33)31(16)14-17-2-4-18(5-3-17)24(32)30-10-8-29-9-11-30;/h2-7,12-13,29H,8-11,14-15H2,1H3;1H. The van der Waals surface area contributed by atoms with Crippen molar-refractivity contribution in [2.75, 3.05) is 26.2 Å². The molecule has 3 aromatic rings. The van der Waals surface area contributed by atoms with E-state index in [-0.39, 0.29) is 46.3 Å². The average molecular weight is 569 g/mol. The van der Waals surface area contributed by atoms with Crippen LogP contribution in [0.15, 0.2) is 57.8 Å². The predicted octanol–water partition coefficient (Wildman–Crippen LogP) is 4.29. The third-order valence-corrected chi connectivity index (χ3v) is 6.49. The van der Waals surface area contributed by atoms with Crippen LogP contribution in [0.1, 0.15) is 27.2 Å². The number of carbonyl (C=O) groups is 1. The van der Waals surface area contributed by atoms with Crippen LogP contribution in [0.2, 0.25) is 0 Å². The van der Waals surface area contributed by atoms with Crippen LogP contribution < -0.4 is 15.6 Å². The molecule has 0 saturated carbocycles. The molecule has 1 saturated heterocycles. The van der Waals surface area contributed by atoms with Gasteiger partial charge < -0.3 is 19.5 Å². The van der Waals surface area contributed by atoms with Gasteiger partial charge in [0.05, 0.1) is 6.54 Å². The SMILES string of the molecule is Cc1cc(OCc2ccc(F)cc2F)c(Br)c(=O)n1Cc1ccc(C(=O)N2CCNCC2)cc1.Cl. The van der Waals surface area contributed by atoms with Crippen molar-refractivity contribution in [1.29, 1.82) is 0 Å². The van der Waals surface area contributed by atoms with Crippen molar-refractivity contribution in [3.63, 3.8) is 0 Å². The highest BCUT2D eigenvalue weighted by Gasteiger charge is 2.18. The fraction of sp³-hybridized carbons (Fsp3) is 0.280. The molecule has 35 heavy (non-hydrogen) atoms. The third kappa shape index (κ3) is 6.28. The number of halogens is 4. The summed E-state index contributed by atoms with van der Waals surface area (Å²) in [6.45, 7) is 4.91. The van der Waals surface area contributed by atoms with E-state index in [1.165, 1.54) is 6.07 Å². The molecule has 1 aromatic heterocycles. The first-order chi connectivity index (χ1) is 16.3. The Hall–Kier alpha value is -2.75. The number of ether oxygens (including phenoxy) is 1. The summed E-state index contributed by atoms with van der Waals surface area (Å²) in [5, 5.41) is 3.23. The number of amides is 1. The molecule has 10 heteroatoms. The summed E-state index contributed by atoms with van der Waals surface area (Å²) in [6.07, 6.45) is 0. The highest BCUT2D eigenvalue weighted by molar-refractivity contribution is 9.10. The first-order valence-corrected chi connectivity index (χ1v) is 11.7. The molecule has 2 heterocycles. The van der Waals surface area contributed by atoms with Gasteiger partial charge in [0.1, 0.15) is 28.5 Å². The number of hydrogen-bond acceptors (Lipinski definition) is 4. The normalized spacial score (nSPS) is 13.3. The Labute approximate surface area is 216 Å². The predicted molar refractivity (Wildman–Crippen MR) is 135 cm³/mol. The Morgan fingerprint density at radius 1 is 1.09 bits per heavy atom. The zero-order valence-electron chi connectivity index (χ0n) is 19.0. The van der Waals surface area contributed by atoms with Crippen molar-refractivity contribution >= 4 is 34.2 Å². The lowest BCUT2D eigenvalue weighted by atomic mass is 10.1. The second-order valence-corrected chi connectivity index (χ2v) is 8.91. The first-order valence-electron chi connectivity index (χ1n) is 10.9. The maximum atomic E-state index is 13.9. The molecule has 1 amide bonds. The Morgan fingerprint density at radius 3 is 2.43 bits per heavy atom. The molecular weight excluding hydrogens is 544 g/mol. The van der Waals surface area contributed by atoms with Gasteiger partial charge in [0.15, 0.2) is 0 Å². The fourth-order valence-electron chi connectivity index (χ4n) is 3.80. The summed E-state index contributed by atoms with van der Waals surface area (Å²) >= 11 is 3.29. The van der Waals surface area contributed by atoms with Crippen LogP contribution in [0.5, 0.6) is 5.75 Å². The molecule has 0 unspecified atom stereocenters. The van der Waals surface area contributed by atoms with Crippen LogP contribution in [0, 0.1) is 18.6 Å². The summed E-state index contributed by atoms with van der Waals surface area (Å²) in [5.41, 5.74) is 2.04. The van der Waals surface area contributed by atoms with Gasteiger partial charge in [-0.3, -0.25) is 9.59 Å². The molecule has 1 aliphatic heterocycles. The summed E-state index contributed by atoms with van der Waals surface area (Å²) in [5.74, 6) is -1.09. The van der Waals surface area contributed by atoms with Crippen molar-refractivity contribution in [2.45, 2.75) is 20.1 Å². The lowest BCUT2D eigenvalue weighted by Gasteiger charge is -2.27. The van der Waals surface area contributed by atoms with Crippen LogP contribution >= 0.6 is 28.3 Å². The van der Waals surface area contributed by atoms with E-state index in [2.05, 4.69) is 21.2 Å². The number of pyridine rings is 1. The molecule has 6 nitrogen and oxygen atoms in total.